The molecule has 0 aromatic rings. The number of aliphatic hydroxyl groups excluding tert-OH is 1. The summed E-state index contributed by atoms with van der Waals surface area (Å²) in [5.41, 5.74) is 0. The Kier molecular flexibility index (Phi) is 2.36. The zero-order valence-corrected chi connectivity index (χ0v) is 9.87. The van der Waals surface area contributed by atoms with Crippen LogP contribution in [0.3, 0.4) is 0 Å². The summed E-state index contributed by atoms with van der Waals surface area (Å²) in [5.74, 6) is 0.0244. The number of nitrogens with zero attached hydrogens (tertiary/aromatic N) is 1. The van der Waals surface area contributed by atoms with Crippen molar-refractivity contribution in [2.45, 2.75) is 25.8 Å². The van der Waals surface area contributed by atoms with Crippen LogP contribution in [0.25, 0.3) is 0 Å². The number of fused-ring (bicyclic) bond motifs is 1. The molecule has 4 nitrogen and oxygen atoms in total. The zero-order chi connectivity index (χ0) is 12.2. The molecule has 5 unspecified atom stereocenters. The summed E-state index contributed by atoms with van der Waals surface area (Å²) in [6, 6.07) is -0.389. The van der Waals surface area contributed by atoms with Gasteiger partial charge in [-0.25, -0.2) is 0 Å². The first-order chi connectivity index (χ1) is 8.15. The van der Waals surface area contributed by atoms with Gasteiger partial charge < -0.3 is 5.11 Å². The van der Waals surface area contributed by atoms with Gasteiger partial charge in [0.2, 0.25) is 11.8 Å². The van der Waals surface area contributed by atoms with E-state index in [9.17, 15) is 9.59 Å². The Morgan fingerprint density at radius 1 is 1.24 bits per heavy atom. The number of carbonyl (C=O) groups is 2. The molecule has 92 valence electrons. The number of carbonyl (C=O) groups excluding carboxylic acids is 2. The molecule has 1 saturated carbocycles. The predicted octanol–water partition coefficient (Wildman–Crippen LogP) is 0.564. The maximum absolute atomic E-state index is 12.3. The van der Waals surface area contributed by atoms with Gasteiger partial charge in [0.15, 0.2) is 0 Å². The summed E-state index contributed by atoms with van der Waals surface area (Å²) in [6.07, 6.45) is 6.24. The Hall–Kier alpha value is -1.16. The SMILES string of the molecule is CC(CO)N1C(=O)C2C3C=CC(CC3)C2C1=O. The summed E-state index contributed by atoms with van der Waals surface area (Å²) in [5, 5.41) is 9.15. The minimum atomic E-state index is -0.389. The molecule has 5 atom stereocenters. The molecule has 0 aromatic carbocycles. The van der Waals surface area contributed by atoms with Crippen molar-refractivity contribution >= 4 is 11.8 Å². The number of likely N-dealkylation sites (tertiary alicyclic amines) is 1. The largest absolute Gasteiger partial charge is 0.394 e. The standard InChI is InChI=1S/C13H17NO3/c1-7(6-15)14-12(16)10-8-2-3-9(5-4-8)11(10)13(14)17/h2-3,7-11,15H,4-6H2,1H3. The van der Waals surface area contributed by atoms with E-state index in [-0.39, 0.29) is 48.1 Å². The fourth-order valence-electron chi connectivity index (χ4n) is 3.61. The topological polar surface area (TPSA) is 57.6 Å². The first kappa shape index (κ1) is 11.0. The number of rotatable bonds is 2. The molecule has 1 heterocycles. The van der Waals surface area contributed by atoms with Crippen LogP contribution in [-0.2, 0) is 9.59 Å². The minimum absolute atomic E-state index is 0.0689. The van der Waals surface area contributed by atoms with Gasteiger partial charge >= 0.3 is 0 Å². The summed E-state index contributed by atoms with van der Waals surface area (Å²) < 4.78 is 0. The first-order valence-electron chi connectivity index (χ1n) is 6.31. The fourth-order valence-corrected chi connectivity index (χ4v) is 3.61. The number of imide groups is 1. The maximum atomic E-state index is 12.3. The van der Waals surface area contributed by atoms with Gasteiger partial charge in [0.1, 0.15) is 0 Å². The highest BCUT2D eigenvalue weighted by Crippen LogP contribution is 2.49. The van der Waals surface area contributed by atoms with E-state index < -0.39 is 0 Å². The molecule has 4 aliphatic rings. The molecule has 0 spiro atoms. The van der Waals surface area contributed by atoms with Crippen molar-refractivity contribution in [1.82, 2.24) is 4.90 Å². The molecule has 0 aromatic heterocycles. The lowest BCUT2D eigenvalue weighted by Crippen LogP contribution is -2.41. The third-order valence-corrected chi connectivity index (χ3v) is 4.50. The van der Waals surface area contributed by atoms with Crippen LogP contribution in [0.2, 0.25) is 0 Å². The van der Waals surface area contributed by atoms with Crippen LogP contribution in [0.15, 0.2) is 12.2 Å². The van der Waals surface area contributed by atoms with Crippen LogP contribution in [0, 0.1) is 23.7 Å². The second kappa shape index (κ2) is 3.67. The van der Waals surface area contributed by atoms with Gasteiger partial charge in [-0.05, 0) is 31.6 Å². The van der Waals surface area contributed by atoms with Crippen molar-refractivity contribution in [3.05, 3.63) is 12.2 Å². The van der Waals surface area contributed by atoms with Crippen molar-refractivity contribution < 1.29 is 14.7 Å². The molecule has 1 N–H and O–H groups in total. The van der Waals surface area contributed by atoms with E-state index in [0.29, 0.717) is 0 Å². The minimum Gasteiger partial charge on any atom is -0.394 e. The summed E-state index contributed by atoms with van der Waals surface area (Å²) in [4.78, 5) is 25.9. The number of amides is 2. The molecule has 0 radical (unpaired) electrons. The van der Waals surface area contributed by atoms with Crippen molar-refractivity contribution in [2.24, 2.45) is 23.7 Å². The van der Waals surface area contributed by atoms with Gasteiger partial charge in [0.05, 0.1) is 24.5 Å². The fraction of sp³-hybridized carbons (Fsp3) is 0.692. The van der Waals surface area contributed by atoms with Crippen molar-refractivity contribution in [2.75, 3.05) is 6.61 Å². The van der Waals surface area contributed by atoms with E-state index in [1.165, 1.54) is 4.90 Å². The Morgan fingerprint density at radius 3 is 2.06 bits per heavy atom. The molecule has 2 fully saturated rings. The van der Waals surface area contributed by atoms with E-state index in [0.717, 1.165) is 12.8 Å². The van der Waals surface area contributed by atoms with Gasteiger partial charge in [0, 0.05) is 0 Å². The van der Waals surface area contributed by atoms with Crippen LogP contribution < -0.4 is 0 Å². The van der Waals surface area contributed by atoms with E-state index >= 15 is 0 Å². The average molecular weight is 235 g/mol. The number of allylic oxidation sites excluding steroid dienone is 2. The van der Waals surface area contributed by atoms with Crippen LogP contribution in [-0.4, -0.2) is 34.5 Å². The summed E-state index contributed by atoms with van der Waals surface area (Å²) in [7, 11) is 0. The van der Waals surface area contributed by atoms with E-state index in [2.05, 4.69) is 12.2 Å². The third-order valence-electron chi connectivity index (χ3n) is 4.50. The van der Waals surface area contributed by atoms with Gasteiger partial charge in [-0.15, -0.1) is 0 Å². The lowest BCUT2D eigenvalue weighted by atomic mass is 9.63. The first-order valence-corrected chi connectivity index (χ1v) is 6.31. The lowest BCUT2D eigenvalue weighted by molar-refractivity contribution is -0.143. The Balaban J connectivity index is 1.96. The number of aliphatic hydroxyl groups is 1. The predicted molar refractivity (Wildman–Crippen MR) is 60.7 cm³/mol. The quantitative estimate of drug-likeness (QED) is 0.562. The van der Waals surface area contributed by atoms with E-state index in [4.69, 9.17) is 5.11 Å². The highest BCUT2D eigenvalue weighted by Gasteiger charge is 2.57. The Labute approximate surface area is 100 Å². The second-order valence-electron chi connectivity index (χ2n) is 5.42. The van der Waals surface area contributed by atoms with Gasteiger partial charge in [0.25, 0.3) is 0 Å². The average Bonchev–Trinajstić information content (AvgIpc) is 2.65. The molecule has 4 heteroatoms. The third kappa shape index (κ3) is 1.33. The van der Waals surface area contributed by atoms with Crippen LogP contribution in [0.4, 0.5) is 0 Å². The molecule has 4 rings (SSSR count). The van der Waals surface area contributed by atoms with Crippen molar-refractivity contribution in [3.8, 4) is 0 Å². The van der Waals surface area contributed by atoms with Gasteiger partial charge in [-0.2, -0.15) is 0 Å². The molecule has 2 bridgehead atoms. The number of hydrogen-bond donors (Lipinski definition) is 1. The summed E-state index contributed by atoms with van der Waals surface area (Å²) in [6.45, 7) is 1.57. The molecule has 3 aliphatic carbocycles. The zero-order valence-electron chi connectivity index (χ0n) is 9.87. The van der Waals surface area contributed by atoms with Crippen molar-refractivity contribution in [1.29, 1.82) is 0 Å². The molecule has 17 heavy (non-hydrogen) atoms. The molecule has 1 saturated heterocycles. The highest BCUT2D eigenvalue weighted by atomic mass is 16.3. The van der Waals surface area contributed by atoms with Crippen molar-refractivity contribution in [3.63, 3.8) is 0 Å². The summed E-state index contributed by atoms with van der Waals surface area (Å²) >= 11 is 0. The van der Waals surface area contributed by atoms with E-state index in [1.807, 2.05) is 0 Å². The smallest absolute Gasteiger partial charge is 0.234 e. The molecule has 1 aliphatic heterocycles. The Bertz CT molecular complexity index is 371. The Morgan fingerprint density at radius 2 is 1.71 bits per heavy atom. The number of hydrogen-bond acceptors (Lipinski definition) is 3. The molecular formula is C13H17NO3. The normalized spacial score (nSPS) is 40.9. The van der Waals surface area contributed by atoms with Crippen LogP contribution in [0.5, 0.6) is 0 Å². The monoisotopic (exact) mass is 235 g/mol. The van der Waals surface area contributed by atoms with Crippen LogP contribution >= 0.6 is 0 Å². The maximum Gasteiger partial charge on any atom is 0.234 e. The van der Waals surface area contributed by atoms with E-state index in [1.54, 1.807) is 6.92 Å². The van der Waals surface area contributed by atoms with Crippen LogP contribution in [0.1, 0.15) is 19.8 Å². The second-order valence-corrected chi connectivity index (χ2v) is 5.42. The highest BCUT2D eigenvalue weighted by molar-refractivity contribution is 6.06. The molecular weight excluding hydrogens is 218 g/mol. The molecule has 2 amide bonds. The van der Waals surface area contributed by atoms with Gasteiger partial charge in [-0.1, -0.05) is 12.2 Å². The lowest BCUT2D eigenvalue weighted by Gasteiger charge is -2.38. The van der Waals surface area contributed by atoms with Gasteiger partial charge in [-0.3, -0.25) is 14.5 Å².